The molecule has 154 valence electrons. The summed E-state index contributed by atoms with van der Waals surface area (Å²) in [4.78, 5) is 0.257. The molecule has 0 spiro atoms. The van der Waals surface area contributed by atoms with Crippen molar-refractivity contribution in [3.8, 4) is 5.75 Å². The first kappa shape index (κ1) is 22.4. The van der Waals surface area contributed by atoms with Crippen LogP contribution in [0.4, 0.5) is 0 Å². The minimum atomic E-state index is -3.66. The maximum Gasteiger partial charge on any atom is 0.308 e. The molecule has 0 aliphatic rings. The van der Waals surface area contributed by atoms with Crippen LogP contribution in [0.3, 0.4) is 0 Å². The zero-order chi connectivity index (χ0) is 20.9. The van der Waals surface area contributed by atoms with Gasteiger partial charge in [0.1, 0.15) is 5.75 Å². The van der Waals surface area contributed by atoms with Gasteiger partial charge in [-0.1, -0.05) is 36.8 Å². The summed E-state index contributed by atoms with van der Waals surface area (Å²) in [5.41, 5.74) is 1.74. The van der Waals surface area contributed by atoms with Crippen molar-refractivity contribution in [1.29, 1.82) is 0 Å². The van der Waals surface area contributed by atoms with Crippen LogP contribution in [0.5, 0.6) is 5.75 Å². The van der Waals surface area contributed by atoms with Crippen LogP contribution in [0.15, 0.2) is 53.4 Å². The number of hydrogen-bond acceptors (Lipinski definition) is 5. The topological polar surface area (TPSA) is 80.8 Å². The predicted molar refractivity (Wildman–Crippen MR) is 110 cm³/mol. The lowest BCUT2D eigenvalue weighted by molar-refractivity contribution is 0.323. The number of benzene rings is 2. The van der Waals surface area contributed by atoms with Gasteiger partial charge < -0.3 is 4.18 Å². The molecule has 0 heterocycles. The summed E-state index contributed by atoms with van der Waals surface area (Å²) in [6, 6.07) is 13.0. The lowest BCUT2D eigenvalue weighted by Crippen LogP contribution is -2.37. The van der Waals surface area contributed by atoms with Gasteiger partial charge in [0.2, 0.25) is 10.0 Å². The fourth-order valence-electron chi connectivity index (χ4n) is 2.56. The zero-order valence-corrected chi connectivity index (χ0v) is 18.3. The molecule has 0 fully saturated rings. The Labute approximate surface area is 168 Å². The van der Waals surface area contributed by atoms with Gasteiger partial charge in [-0.2, -0.15) is 12.7 Å². The van der Waals surface area contributed by atoms with Crippen LogP contribution >= 0.6 is 0 Å². The number of aryl methyl sites for hydroxylation is 1. The monoisotopic (exact) mass is 425 g/mol. The Morgan fingerprint density at radius 1 is 0.929 bits per heavy atom. The van der Waals surface area contributed by atoms with Crippen molar-refractivity contribution < 1.29 is 21.0 Å². The molecule has 0 N–H and O–H groups in total. The fourth-order valence-corrected chi connectivity index (χ4v) is 4.78. The molecule has 2 rings (SSSR count). The van der Waals surface area contributed by atoms with E-state index >= 15 is 0 Å². The van der Waals surface area contributed by atoms with E-state index in [2.05, 4.69) is 0 Å². The molecule has 8 heteroatoms. The Kier molecular flexibility index (Phi) is 7.25. The molecule has 0 unspecified atom stereocenters. The Bertz CT molecular complexity index is 982. The lowest BCUT2D eigenvalue weighted by atomic mass is 10.2. The maximum atomic E-state index is 13.2. The van der Waals surface area contributed by atoms with Crippen molar-refractivity contribution in [2.24, 2.45) is 0 Å². The Balaban J connectivity index is 2.28. The predicted octanol–water partition coefficient (Wildman–Crippen LogP) is 3.71. The molecule has 0 bridgehead atoms. The average molecular weight is 426 g/mol. The van der Waals surface area contributed by atoms with Crippen LogP contribution in [-0.4, -0.2) is 32.9 Å². The molecule has 1 atom stereocenters. The van der Waals surface area contributed by atoms with Gasteiger partial charge in [-0.15, -0.1) is 0 Å². The second-order valence-corrected chi connectivity index (χ2v) is 10.4. The summed E-state index contributed by atoms with van der Waals surface area (Å²) in [5.74, 6) is 0.0906. The standard InChI is InChI=1S/C20H27NO5S2/c1-5-17(4)21(28(24,25)20-13-7-16(3)8-14-20)15-18-9-11-19(12-10-18)26-27(22,23)6-2/h7-14,17H,5-6,15H2,1-4H3/t17-/m1/s1. The lowest BCUT2D eigenvalue weighted by Gasteiger charge is -2.28. The highest BCUT2D eigenvalue weighted by Gasteiger charge is 2.28. The second kappa shape index (κ2) is 9.07. The minimum Gasteiger partial charge on any atom is -0.382 e. The van der Waals surface area contributed by atoms with E-state index in [4.69, 9.17) is 4.18 Å². The molecule has 28 heavy (non-hydrogen) atoms. The van der Waals surface area contributed by atoms with Gasteiger partial charge >= 0.3 is 10.1 Å². The van der Waals surface area contributed by atoms with E-state index in [0.717, 1.165) is 11.1 Å². The molecular formula is C20H27NO5S2. The quantitative estimate of drug-likeness (QED) is 0.572. The summed E-state index contributed by atoms with van der Waals surface area (Å²) in [6.45, 7) is 7.41. The molecule has 0 radical (unpaired) electrons. The molecule has 0 amide bonds. The SMILES string of the molecule is CC[C@@H](C)N(Cc1ccc(OS(=O)(=O)CC)cc1)S(=O)(=O)c1ccc(C)cc1. The summed E-state index contributed by atoms with van der Waals surface area (Å²) >= 11 is 0. The summed E-state index contributed by atoms with van der Waals surface area (Å²) in [5, 5.41) is 0. The van der Waals surface area contributed by atoms with Crippen LogP contribution in [-0.2, 0) is 26.7 Å². The highest BCUT2D eigenvalue weighted by molar-refractivity contribution is 7.89. The molecule has 0 aliphatic carbocycles. The summed E-state index contributed by atoms with van der Waals surface area (Å²) in [6.07, 6.45) is 0.668. The molecule has 0 aromatic heterocycles. The van der Waals surface area contributed by atoms with Crippen molar-refractivity contribution in [1.82, 2.24) is 4.31 Å². The van der Waals surface area contributed by atoms with Gasteiger partial charge in [-0.3, -0.25) is 0 Å². The molecule has 0 saturated carbocycles. The van der Waals surface area contributed by atoms with Crippen LogP contribution in [0.2, 0.25) is 0 Å². The smallest absolute Gasteiger partial charge is 0.308 e. The van der Waals surface area contributed by atoms with Gasteiger partial charge in [0, 0.05) is 12.6 Å². The molecule has 6 nitrogen and oxygen atoms in total. The van der Waals surface area contributed by atoms with Gasteiger partial charge in [0.25, 0.3) is 0 Å². The van der Waals surface area contributed by atoms with Crippen molar-refractivity contribution in [3.05, 3.63) is 59.7 Å². The molecular weight excluding hydrogens is 398 g/mol. The van der Waals surface area contributed by atoms with E-state index < -0.39 is 20.1 Å². The third-order valence-electron chi connectivity index (χ3n) is 4.55. The van der Waals surface area contributed by atoms with E-state index in [9.17, 15) is 16.8 Å². The molecule has 0 aliphatic heterocycles. The van der Waals surface area contributed by atoms with Crippen molar-refractivity contribution in [2.75, 3.05) is 5.75 Å². The van der Waals surface area contributed by atoms with Gasteiger partial charge in [0.15, 0.2) is 0 Å². The highest BCUT2D eigenvalue weighted by atomic mass is 32.2. The summed E-state index contributed by atoms with van der Waals surface area (Å²) < 4.78 is 55.9. The van der Waals surface area contributed by atoms with E-state index in [1.165, 1.54) is 23.4 Å². The largest absolute Gasteiger partial charge is 0.382 e. The fraction of sp³-hybridized carbons (Fsp3) is 0.400. The van der Waals surface area contributed by atoms with E-state index in [-0.39, 0.29) is 29.0 Å². The van der Waals surface area contributed by atoms with Gasteiger partial charge in [-0.05, 0) is 57.0 Å². The average Bonchev–Trinajstić information content (AvgIpc) is 2.66. The maximum absolute atomic E-state index is 13.2. The first-order valence-corrected chi connectivity index (χ1v) is 12.2. The van der Waals surface area contributed by atoms with Gasteiger partial charge in [0.05, 0.1) is 10.6 Å². The van der Waals surface area contributed by atoms with Crippen LogP contribution in [0, 0.1) is 6.92 Å². The minimum absolute atomic E-state index is 0.120. The highest BCUT2D eigenvalue weighted by Crippen LogP contribution is 2.24. The molecule has 2 aromatic carbocycles. The number of sulfonamides is 1. The third-order valence-corrected chi connectivity index (χ3v) is 7.68. The number of rotatable bonds is 9. The van der Waals surface area contributed by atoms with E-state index in [1.54, 1.807) is 36.4 Å². The Hall–Kier alpha value is -1.90. The van der Waals surface area contributed by atoms with E-state index in [0.29, 0.717) is 6.42 Å². The third kappa shape index (κ3) is 5.56. The Morgan fingerprint density at radius 2 is 1.50 bits per heavy atom. The first-order chi connectivity index (χ1) is 13.1. The van der Waals surface area contributed by atoms with Crippen LogP contribution in [0.25, 0.3) is 0 Å². The Morgan fingerprint density at radius 3 is 2.00 bits per heavy atom. The van der Waals surface area contributed by atoms with Crippen LogP contribution < -0.4 is 4.18 Å². The number of hydrogen-bond donors (Lipinski definition) is 0. The number of nitrogens with zero attached hydrogens (tertiary/aromatic N) is 1. The van der Waals surface area contributed by atoms with Gasteiger partial charge in [-0.25, -0.2) is 8.42 Å². The zero-order valence-electron chi connectivity index (χ0n) is 16.6. The van der Waals surface area contributed by atoms with Crippen molar-refractivity contribution >= 4 is 20.1 Å². The van der Waals surface area contributed by atoms with Crippen molar-refractivity contribution in [3.63, 3.8) is 0 Å². The van der Waals surface area contributed by atoms with E-state index in [1.807, 2.05) is 20.8 Å². The van der Waals surface area contributed by atoms with Crippen LogP contribution in [0.1, 0.15) is 38.3 Å². The molecule has 0 saturated heterocycles. The first-order valence-electron chi connectivity index (χ1n) is 9.18. The second-order valence-electron chi connectivity index (χ2n) is 6.69. The normalized spacial score (nSPS) is 13.5. The molecule has 2 aromatic rings. The summed E-state index contributed by atoms with van der Waals surface area (Å²) in [7, 11) is -7.26. The van der Waals surface area contributed by atoms with Crippen molar-refractivity contribution in [2.45, 2.75) is 51.6 Å².